The van der Waals surface area contributed by atoms with E-state index >= 15 is 0 Å². The van der Waals surface area contributed by atoms with Crippen molar-refractivity contribution >= 4 is 5.91 Å². The molecule has 2 aliphatic rings. The maximum atomic E-state index is 12.4. The van der Waals surface area contributed by atoms with E-state index in [0.717, 1.165) is 19.3 Å². The van der Waals surface area contributed by atoms with Crippen molar-refractivity contribution in [2.24, 2.45) is 11.8 Å². The molecule has 1 aromatic carbocycles. The third-order valence-corrected chi connectivity index (χ3v) is 4.58. The van der Waals surface area contributed by atoms with E-state index in [1.165, 1.54) is 17.5 Å². The molecular formula is C16H21NO. The van der Waals surface area contributed by atoms with Crippen molar-refractivity contribution in [1.82, 2.24) is 4.90 Å². The first-order chi connectivity index (χ1) is 8.68. The van der Waals surface area contributed by atoms with Crippen molar-refractivity contribution in [3.63, 3.8) is 0 Å². The number of nitrogens with zero attached hydrogens (tertiary/aromatic N) is 1. The van der Waals surface area contributed by atoms with E-state index < -0.39 is 0 Å². The molecule has 0 radical (unpaired) electrons. The highest BCUT2D eigenvalue weighted by molar-refractivity contribution is 5.81. The molecule has 2 aliphatic carbocycles. The Kier molecular flexibility index (Phi) is 2.89. The van der Waals surface area contributed by atoms with Gasteiger partial charge in [0.15, 0.2) is 0 Å². The number of carbonyl (C=O) groups is 1. The SMILES string of the molecule is CC1CC1C(=O)N(C)C1CCCc2ccccc21. The van der Waals surface area contributed by atoms with Gasteiger partial charge in [-0.2, -0.15) is 0 Å². The summed E-state index contributed by atoms with van der Waals surface area (Å²) in [5.41, 5.74) is 2.80. The van der Waals surface area contributed by atoms with Crippen LogP contribution < -0.4 is 0 Å². The van der Waals surface area contributed by atoms with E-state index in [1.807, 2.05) is 11.9 Å². The van der Waals surface area contributed by atoms with Gasteiger partial charge in [-0.25, -0.2) is 0 Å². The van der Waals surface area contributed by atoms with Gasteiger partial charge in [-0.1, -0.05) is 31.2 Å². The predicted octanol–water partition coefficient (Wildman–Crippen LogP) is 3.18. The van der Waals surface area contributed by atoms with Crippen LogP contribution in [0.2, 0.25) is 0 Å². The molecule has 1 saturated carbocycles. The van der Waals surface area contributed by atoms with Gasteiger partial charge in [-0.15, -0.1) is 0 Å². The lowest BCUT2D eigenvalue weighted by molar-refractivity contribution is -0.134. The van der Waals surface area contributed by atoms with Crippen LogP contribution in [0, 0.1) is 11.8 Å². The van der Waals surface area contributed by atoms with Crippen LogP contribution in [0.5, 0.6) is 0 Å². The monoisotopic (exact) mass is 243 g/mol. The molecule has 2 nitrogen and oxygen atoms in total. The lowest BCUT2D eigenvalue weighted by Crippen LogP contribution is -2.34. The quantitative estimate of drug-likeness (QED) is 0.781. The van der Waals surface area contributed by atoms with Crippen LogP contribution in [0.25, 0.3) is 0 Å². The highest BCUT2D eigenvalue weighted by atomic mass is 16.2. The summed E-state index contributed by atoms with van der Waals surface area (Å²) >= 11 is 0. The van der Waals surface area contributed by atoms with E-state index in [0.29, 0.717) is 23.8 Å². The number of rotatable bonds is 2. The molecule has 1 aromatic rings. The summed E-state index contributed by atoms with van der Waals surface area (Å²) in [5.74, 6) is 1.24. The molecule has 0 spiro atoms. The van der Waals surface area contributed by atoms with Crippen molar-refractivity contribution in [2.45, 2.75) is 38.6 Å². The van der Waals surface area contributed by atoms with Crippen LogP contribution >= 0.6 is 0 Å². The number of carbonyl (C=O) groups excluding carboxylic acids is 1. The van der Waals surface area contributed by atoms with Crippen molar-refractivity contribution in [1.29, 1.82) is 0 Å². The van der Waals surface area contributed by atoms with Crippen LogP contribution in [-0.2, 0) is 11.2 Å². The van der Waals surface area contributed by atoms with Gasteiger partial charge in [0.1, 0.15) is 0 Å². The second-order valence-corrected chi connectivity index (χ2v) is 5.88. The Hall–Kier alpha value is -1.31. The predicted molar refractivity (Wildman–Crippen MR) is 72.2 cm³/mol. The standard InChI is InChI=1S/C16H21NO/c1-11-10-14(11)16(18)17(2)15-9-5-7-12-6-3-4-8-13(12)15/h3-4,6,8,11,14-15H,5,7,9-10H2,1-2H3. The van der Waals surface area contributed by atoms with E-state index in [4.69, 9.17) is 0 Å². The Morgan fingerprint density at radius 2 is 2.06 bits per heavy atom. The molecule has 3 atom stereocenters. The molecule has 1 amide bonds. The molecule has 1 fully saturated rings. The molecule has 0 N–H and O–H groups in total. The number of amides is 1. The number of fused-ring (bicyclic) bond motifs is 1. The highest BCUT2D eigenvalue weighted by Crippen LogP contribution is 2.42. The smallest absolute Gasteiger partial charge is 0.226 e. The molecule has 3 rings (SSSR count). The maximum absolute atomic E-state index is 12.4. The molecule has 3 unspecified atom stereocenters. The van der Waals surface area contributed by atoms with Gasteiger partial charge in [-0.05, 0) is 42.7 Å². The van der Waals surface area contributed by atoms with Gasteiger partial charge in [0, 0.05) is 13.0 Å². The van der Waals surface area contributed by atoms with Crippen LogP contribution in [0.3, 0.4) is 0 Å². The summed E-state index contributed by atoms with van der Waals surface area (Å²) in [6.07, 6.45) is 4.55. The van der Waals surface area contributed by atoms with Gasteiger partial charge in [0.05, 0.1) is 6.04 Å². The van der Waals surface area contributed by atoms with Gasteiger partial charge in [-0.3, -0.25) is 4.79 Å². The minimum Gasteiger partial charge on any atom is -0.338 e. The lowest BCUT2D eigenvalue weighted by atomic mass is 9.87. The number of hydrogen-bond acceptors (Lipinski definition) is 1. The van der Waals surface area contributed by atoms with Gasteiger partial charge in [0.2, 0.25) is 5.91 Å². The molecule has 0 heterocycles. The zero-order chi connectivity index (χ0) is 12.7. The fourth-order valence-corrected chi connectivity index (χ4v) is 3.21. The number of benzene rings is 1. The lowest BCUT2D eigenvalue weighted by Gasteiger charge is -2.33. The summed E-state index contributed by atoms with van der Waals surface area (Å²) in [7, 11) is 1.99. The van der Waals surface area contributed by atoms with Gasteiger partial charge >= 0.3 is 0 Å². The summed E-state index contributed by atoms with van der Waals surface area (Å²) < 4.78 is 0. The Balaban J connectivity index is 1.83. The van der Waals surface area contributed by atoms with E-state index in [9.17, 15) is 4.79 Å². The molecule has 2 heteroatoms. The molecule has 0 saturated heterocycles. The Morgan fingerprint density at radius 3 is 2.78 bits per heavy atom. The zero-order valence-corrected chi connectivity index (χ0v) is 11.2. The van der Waals surface area contributed by atoms with Crippen LogP contribution in [-0.4, -0.2) is 17.9 Å². The van der Waals surface area contributed by atoms with Crippen molar-refractivity contribution in [3.8, 4) is 0 Å². The Bertz CT molecular complexity index is 468. The second kappa shape index (κ2) is 4.42. The van der Waals surface area contributed by atoms with Crippen LogP contribution in [0.15, 0.2) is 24.3 Å². The van der Waals surface area contributed by atoms with Gasteiger partial charge in [0.25, 0.3) is 0 Å². The first kappa shape index (κ1) is 11.8. The summed E-state index contributed by atoms with van der Waals surface area (Å²) in [6, 6.07) is 8.90. The number of hydrogen-bond donors (Lipinski definition) is 0. The first-order valence-electron chi connectivity index (χ1n) is 7.03. The molecular weight excluding hydrogens is 222 g/mol. The molecule has 0 aromatic heterocycles. The summed E-state index contributed by atoms with van der Waals surface area (Å²) in [4.78, 5) is 14.4. The molecule has 0 aliphatic heterocycles. The fraction of sp³-hybridized carbons (Fsp3) is 0.562. The minimum absolute atomic E-state index is 0.295. The second-order valence-electron chi connectivity index (χ2n) is 5.88. The largest absolute Gasteiger partial charge is 0.338 e. The molecule has 0 bridgehead atoms. The highest BCUT2D eigenvalue weighted by Gasteiger charge is 2.42. The summed E-state index contributed by atoms with van der Waals surface area (Å²) in [6.45, 7) is 2.17. The normalized spacial score (nSPS) is 29.6. The third-order valence-electron chi connectivity index (χ3n) is 4.58. The molecule has 96 valence electrons. The number of aryl methyl sites for hydroxylation is 1. The van der Waals surface area contributed by atoms with Gasteiger partial charge < -0.3 is 4.90 Å². The zero-order valence-electron chi connectivity index (χ0n) is 11.2. The molecule has 18 heavy (non-hydrogen) atoms. The van der Waals surface area contributed by atoms with Crippen molar-refractivity contribution in [2.75, 3.05) is 7.05 Å². The average molecular weight is 243 g/mol. The Labute approximate surface area is 109 Å². The van der Waals surface area contributed by atoms with Crippen LogP contribution in [0.4, 0.5) is 0 Å². The fourth-order valence-electron chi connectivity index (χ4n) is 3.21. The summed E-state index contributed by atoms with van der Waals surface area (Å²) in [5, 5.41) is 0. The topological polar surface area (TPSA) is 20.3 Å². The van der Waals surface area contributed by atoms with E-state index in [1.54, 1.807) is 0 Å². The van der Waals surface area contributed by atoms with E-state index in [2.05, 4.69) is 31.2 Å². The minimum atomic E-state index is 0.295. The van der Waals surface area contributed by atoms with E-state index in [-0.39, 0.29) is 0 Å². The van der Waals surface area contributed by atoms with Crippen LogP contribution in [0.1, 0.15) is 43.4 Å². The van der Waals surface area contributed by atoms with Crippen molar-refractivity contribution in [3.05, 3.63) is 35.4 Å². The average Bonchev–Trinajstić information content (AvgIpc) is 3.13. The third kappa shape index (κ3) is 1.94. The Morgan fingerprint density at radius 1 is 1.33 bits per heavy atom. The maximum Gasteiger partial charge on any atom is 0.226 e. The first-order valence-corrected chi connectivity index (χ1v) is 7.03. The van der Waals surface area contributed by atoms with Crippen molar-refractivity contribution < 1.29 is 4.79 Å².